The fourth-order valence-electron chi connectivity index (χ4n) is 1.51. The summed E-state index contributed by atoms with van der Waals surface area (Å²) in [7, 11) is 2.01. The van der Waals surface area contributed by atoms with E-state index in [4.69, 9.17) is 0 Å². The van der Waals surface area contributed by atoms with Crippen molar-refractivity contribution in [2.75, 3.05) is 31.6 Å². The Morgan fingerprint density at radius 3 is 2.71 bits per heavy atom. The Hall–Kier alpha value is -1.13. The summed E-state index contributed by atoms with van der Waals surface area (Å²) in [6, 6.07) is 5.74. The highest BCUT2D eigenvalue weighted by Crippen LogP contribution is 2.19. The molecule has 0 aromatic carbocycles. The van der Waals surface area contributed by atoms with Gasteiger partial charge in [-0.1, -0.05) is 13.0 Å². The molecule has 0 aliphatic carbocycles. The first-order chi connectivity index (χ1) is 7.95. The van der Waals surface area contributed by atoms with Crippen molar-refractivity contribution in [2.24, 2.45) is 0 Å². The van der Waals surface area contributed by atoms with Crippen LogP contribution in [0.5, 0.6) is 0 Å². The van der Waals surface area contributed by atoms with Gasteiger partial charge in [0.05, 0.1) is 5.69 Å². The molecular formula is C13H23N3O. The smallest absolute Gasteiger partial charge is 0.128 e. The van der Waals surface area contributed by atoms with E-state index in [0.29, 0.717) is 5.69 Å². The summed E-state index contributed by atoms with van der Waals surface area (Å²) in [6.07, 6.45) is 0. The molecule has 1 aromatic rings. The third kappa shape index (κ3) is 4.32. The standard InChI is InChI=1S/C13H23N3O/c1-5-14-9-10-16(4)12-8-6-7-11(15-12)13(2,3)17/h6-8,14,17H,5,9-10H2,1-4H3. The van der Waals surface area contributed by atoms with Gasteiger partial charge in [0, 0.05) is 20.1 Å². The third-order valence-corrected chi connectivity index (χ3v) is 2.63. The van der Waals surface area contributed by atoms with Gasteiger partial charge in [-0.25, -0.2) is 4.98 Å². The molecule has 0 aliphatic heterocycles. The zero-order valence-corrected chi connectivity index (χ0v) is 11.2. The van der Waals surface area contributed by atoms with Gasteiger partial charge in [-0.2, -0.15) is 0 Å². The minimum atomic E-state index is -0.890. The predicted octanol–water partition coefficient (Wildman–Crippen LogP) is 1.35. The van der Waals surface area contributed by atoms with Crippen molar-refractivity contribution in [3.05, 3.63) is 23.9 Å². The van der Waals surface area contributed by atoms with Crippen LogP contribution in [-0.2, 0) is 5.60 Å². The molecule has 1 aromatic heterocycles. The maximum atomic E-state index is 9.92. The molecule has 0 amide bonds. The molecule has 1 rings (SSSR count). The van der Waals surface area contributed by atoms with Crippen molar-refractivity contribution in [3.63, 3.8) is 0 Å². The number of hydrogen-bond donors (Lipinski definition) is 2. The maximum absolute atomic E-state index is 9.92. The van der Waals surface area contributed by atoms with Crippen molar-refractivity contribution < 1.29 is 5.11 Å². The maximum Gasteiger partial charge on any atom is 0.128 e. The van der Waals surface area contributed by atoms with Gasteiger partial charge in [-0.05, 0) is 32.5 Å². The second-order valence-electron chi connectivity index (χ2n) is 4.72. The van der Waals surface area contributed by atoms with E-state index >= 15 is 0 Å². The number of nitrogens with one attached hydrogen (secondary N) is 1. The molecule has 0 spiro atoms. The fraction of sp³-hybridized carbons (Fsp3) is 0.615. The van der Waals surface area contributed by atoms with Gasteiger partial charge in [0.2, 0.25) is 0 Å². The van der Waals surface area contributed by atoms with Crippen LogP contribution in [0.4, 0.5) is 5.82 Å². The van der Waals surface area contributed by atoms with Crippen molar-refractivity contribution in [1.29, 1.82) is 0 Å². The summed E-state index contributed by atoms with van der Waals surface area (Å²) in [4.78, 5) is 6.55. The van der Waals surface area contributed by atoms with Gasteiger partial charge in [0.15, 0.2) is 0 Å². The second-order valence-corrected chi connectivity index (χ2v) is 4.72. The lowest BCUT2D eigenvalue weighted by Gasteiger charge is -2.22. The Labute approximate surface area is 104 Å². The van der Waals surface area contributed by atoms with Gasteiger partial charge in [-0.15, -0.1) is 0 Å². The Balaban J connectivity index is 2.71. The quantitative estimate of drug-likeness (QED) is 0.733. The highest BCUT2D eigenvalue weighted by Gasteiger charge is 2.18. The molecule has 4 heteroatoms. The van der Waals surface area contributed by atoms with Gasteiger partial charge >= 0.3 is 0 Å². The topological polar surface area (TPSA) is 48.4 Å². The van der Waals surface area contributed by atoms with E-state index in [1.54, 1.807) is 13.8 Å². The molecule has 17 heavy (non-hydrogen) atoms. The van der Waals surface area contributed by atoms with E-state index in [2.05, 4.69) is 22.1 Å². The second kappa shape index (κ2) is 5.98. The lowest BCUT2D eigenvalue weighted by Crippen LogP contribution is -2.30. The molecule has 1 heterocycles. The molecule has 0 saturated heterocycles. The van der Waals surface area contributed by atoms with Crippen molar-refractivity contribution in [3.8, 4) is 0 Å². The molecule has 2 N–H and O–H groups in total. The van der Waals surface area contributed by atoms with Crippen LogP contribution in [0.3, 0.4) is 0 Å². The van der Waals surface area contributed by atoms with Crippen LogP contribution in [0.15, 0.2) is 18.2 Å². The van der Waals surface area contributed by atoms with E-state index in [-0.39, 0.29) is 0 Å². The number of rotatable bonds is 6. The number of anilines is 1. The van der Waals surface area contributed by atoms with Crippen LogP contribution in [0.1, 0.15) is 26.5 Å². The van der Waals surface area contributed by atoms with E-state index < -0.39 is 5.60 Å². The Bertz CT molecular complexity index is 347. The molecule has 0 unspecified atom stereocenters. The highest BCUT2D eigenvalue weighted by molar-refractivity contribution is 5.39. The average molecular weight is 237 g/mol. The summed E-state index contributed by atoms with van der Waals surface area (Å²) < 4.78 is 0. The van der Waals surface area contributed by atoms with Crippen LogP contribution in [0, 0.1) is 0 Å². The van der Waals surface area contributed by atoms with Crippen molar-refractivity contribution in [2.45, 2.75) is 26.4 Å². The number of aromatic nitrogens is 1. The van der Waals surface area contributed by atoms with E-state index in [0.717, 1.165) is 25.5 Å². The minimum Gasteiger partial charge on any atom is -0.384 e. The van der Waals surface area contributed by atoms with Gasteiger partial charge in [0.1, 0.15) is 11.4 Å². The van der Waals surface area contributed by atoms with Crippen molar-refractivity contribution in [1.82, 2.24) is 10.3 Å². The Kier molecular flexibility index (Phi) is 4.90. The van der Waals surface area contributed by atoms with Crippen molar-refractivity contribution >= 4 is 5.82 Å². The van der Waals surface area contributed by atoms with Gasteiger partial charge in [-0.3, -0.25) is 0 Å². The first kappa shape index (κ1) is 13.9. The average Bonchev–Trinajstić information content (AvgIpc) is 2.28. The molecule has 0 saturated carbocycles. The first-order valence-corrected chi connectivity index (χ1v) is 6.07. The number of likely N-dealkylation sites (N-methyl/N-ethyl adjacent to an activating group) is 2. The molecule has 0 atom stereocenters. The molecule has 4 nitrogen and oxygen atoms in total. The Morgan fingerprint density at radius 2 is 2.12 bits per heavy atom. The minimum absolute atomic E-state index is 0.699. The van der Waals surface area contributed by atoms with E-state index in [9.17, 15) is 5.11 Å². The summed E-state index contributed by atoms with van der Waals surface area (Å²) in [5, 5.41) is 13.2. The van der Waals surface area contributed by atoms with E-state index in [1.807, 2.05) is 25.2 Å². The molecule has 96 valence electrons. The van der Waals surface area contributed by atoms with Crippen LogP contribution in [-0.4, -0.2) is 36.8 Å². The van der Waals surface area contributed by atoms with Crippen LogP contribution in [0.2, 0.25) is 0 Å². The van der Waals surface area contributed by atoms with Gasteiger partial charge in [0.25, 0.3) is 0 Å². The molecule has 0 radical (unpaired) electrons. The lowest BCUT2D eigenvalue weighted by molar-refractivity contribution is 0.0739. The monoisotopic (exact) mass is 237 g/mol. The normalized spacial score (nSPS) is 11.6. The highest BCUT2D eigenvalue weighted by atomic mass is 16.3. The predicted molar refractivity (Wildman–Crippen MR) is 71.3 cm³/mol. The number of hydrogen-bond acceptors (Lipinski definition) is 4. The Morgan fingerprint density at radius 1 is 1.41 bits per heavy atom. The summed E-state index contributed by atoms with van der Waals surface area (Å²) in [5.41, 5.74) is -0.191. The number of pyridine rings is 1. The number of nitrogens with zero attached hydrogens (tertiary/aromatic N) is 2. The molecule has 0 fully saturated rings. The largest absolute Gasteiger partial charge is 0.384 e. The first-order valence-electron chi connectivity index (χ1n) is 6.07. The summed E-state index contributed by atoms with van der Waals surface area (Å²) in [5.74, 6) is 0.891. The third-order valence-electron chi connectivity index (χ3n) is 2.63. The molecule has 0 aliphatic rings. The van der Waals surface area contributed by atoms with Crippen LogP contribution >= 0.6 is 0 Å². The van der Waals surface area contributed by atoms with Gasteiger partial charge < -0.3 is 15.3 Å². The molecule has 0 bridgehead atoms. The number of aliphatic hydroxyl groups is 1. The summed E-state index contributed by atoms with van der Waals surface area (Å²) in [6.45, 7) is 8.39. The van der Waals surface area contributed by atoms with Crippen LogP contribution in [0.25, 0.3) is 0 Å². The summed E-state index contributed by atoms with van der Waals surface area (Å²) >= 11 is 0. The van der Waals surface area contributed by atoms with E-state index in [1.165, 1.54) is 0 Å². The fourth-order valence-corrected chi connectivity index (χ4v) is 1.51. The lowest BCUT2D eigenvalue weighted by atomic mass is 10.1. The zero-order chi connectivity index (χ0) is 12.9. The zero-order valence-electron chi connectivity index (χ0n) is 11.2. The van der Waals surface area contributed by atoms with Crippen LogP contribution < -0.4 is 10.2 Å². The SMILES string of the molecule is CCNCCN(C)c1cccc(C(C)(C)O)n1. The molecular weight excluding hydrogens is 214 g/mol.